The molecule has 2 fully saturated rings. The van der Waals surface area contributed by atoms with Crippen LogP contribution < -0.4 is 0 Å². The van der Waals surface area contributed by atoms with Crippen LogP contribution in [0.25, 0.3) is 0 Å². The molecule has 0 aromatic carbocycles. The Balaban J connectivity index is 1.94. The van der Waals surface area contributed by atoms with Gasteiger partial charge in [0, 0.05) is 19.5 Å². The first-order valence-electron chi connectivity index (χ1n) is 7.54. The van der Waals surface area contributed by atoms with E-state index in [1.165, 1.54) is 0 Å². The summed E-state index contributed by atoms with van der Waals surface area (Å²) < 4.78 is 0. The predicted octanol–water partition coefficient (Wildman–Crippen LogP) is 1.78. The quantitative estimate of drug-likeness (QED) is 0.824. The maximum Gasteiger partial charge on any atom is 0.303 e. The number of nitrogens with zero attached hydrogens (tertiary/aromatic N) is 1. The minimum atomic E-state index is -0.804. The third-order valence-electron chi connectivity index (χ3n) is 4.91. The fraction of sp³-hybridized carbons (Fsp3) is 0.867. The van der Waals surface area contributed by atoms with Crippen molar-refractivity contribution in [3.05, 3.63) is 0 Å². The predicted molar refractivity (Wildman–Crippen MR) is 74.2 cm³/mol. The number of carbonyl (C=O) groups is 2. The van der Waals surface area contributed by atoms with Crippen LogP contribution in [0.5, 0.6) is 0 Å². The Hall–Kier alpha value is -1.10. The van der Waals surface area contributed by atoms with Gasteiger partial charge in [-0.1, -0.05) is 12.8 Å². The van der Waals surface area contributed by atoms with Crippen molar-refractivity contribution in [2.45, 2.75) is 63.9 Å². The van der Waals surface area contributed by atoms with Gasteiger partial charge in [-0.15, -0.1) is 0 Å². The number of hydrogen-bond acceptors (Lipinski definition) is 3. The summed E-state index contributed by atoms with van der Waals surface area (Å²) in [5, 5.41) is 19.0. The Morgan fingerprint density at radius 1 is 1.05 bits per heavy atom. The molecular formula is C15H25NO4. The molecule has 1 heterocycles. The van der Waals surface area contributed by atoms with E-state index in [0.29, 0.717) is 32.4 Å². The van der Waals surface area contributed by atoms with Crippen molar-refractivity contribution in [3.63, 3.8) is 0 Å². The van der Waals surface area contributed by atoms with Gasteiger partial charge in [-0.25, -0.2) is 0 Å². The largest absolute Gasteiger partial charge is 0.481 e. The van der Waals surface area contributed by atoms with Gasteiger partial charge in [0.15, 0.2) is 0 Å². The van der Waals surface area contributed by atoms with Gasteiger partial charge < -0.3 is 15.1 Å². The smallest absolute Gasteiger partial charge is 0.303 e. The summed E-state index contributed by atoms with van der Waals surface area (Å²) in [6, 6.07) is 0. The van der Waals surface area contributed by atoms with Crippen LogP contribution in [0.4, 0.5) is 0 Å². The molecule has 0 atom stereocenters. The van der Waals surface area contributed by atoms with E-state index in [2.05, 4.69) is 0 Å². The Morgan fingerprint density at radius 3 is 2.10 bits per heavy atom. The number of amides is 1. The average molecular weight is 283 g/mol. The van der Waals surface area contributed by atoms with Crippen molar-refractivity contribution in [2.75, 3.05) is 13.1 Å². The van der Waals surface area contributed by atoms with Crippen molar-refractivity contribution in [1.29, 1.82) is 0 Å². The summed E-state index contributed by atoms with van der Waals surface area (Å²) in [5.74, 6) is -0.745. The zero-order valence-electron chi connectivity index (χ0n) is 12.2. The van der Waals surface area contributed by atoms with Crippen molar-refractivity contribution < 1.29 is 19.8 Å². The van der Waals surface area contributed by atoms with Crippen LogP contribution >= 0.6 is 0 Å². The molecule has 5 heteroatoms. The van der Waals surface area contributed by atoms with Crippen LogP contribution in [0, 0.1) is 5.41 Å². The van der Waals surface area contributed by atoms with E-state index in [0.717, 1.165) is 25.7 Å². The summed E-state index contributed by atoms with van der Waals surface area (Å²) in [7, 11) is 0. The number of likely N-dealkylation sites (tertiary alicyclic amines) is 1. The molecule has 0 radical (unpaired) electrons. The molecule has 0 bridgehead atoms. The van der Waals surface area contributed by atoms with Gasteiger partial charge in [-0.05, 0) is 38.0 Å². The molecule has 20 heavy (non-hydrogen) atoms. The molecule has 1 aliphatic heterocycles. The van der Waals surface area contributed by atoms with Crippen molar-refractivity contribution in [3.8, 4) is 0 Å². The maximum absolute atomic E-state index is 12.4. The first-order valence-corrected chi connectivity index (χ1v) is 7.54. The van der Waals surface area contributed by atoms with E-state index < -0.39 is 11.6 Å². The fourth-order valence-corrected chi connectivity index (χ4v) is 3.53. The van der Waals surface area contributed by atoms with E-state index in [9.17, 15) is 14.7 Å². The SMILES string of the molecule is CC1(O)CCN(C(=O)CC2(CC(=O)O)CCCC2)CC1. The van der Waals surface area contributed by atoms with E-state index in [-0.39, 0.29) is 17.7 Å². The number of rotatable bonds is 4. The molecular weight excluding hydrogens is 258 g/mol. The topological polar surface area (TPSA) is 77.8 Å². The highest BCUT2D eigenvalue weighted by Crippen LogP contribution is 2.44. The number of piperidine rings is 1. The molecule has 0 spiro atoms. The molecule has 2 rings (SSSR count). The van der Waals surface area contributed by atoms with Crippen LogP contribution in [0.15, 0.2) is 0 Å². The minimum Gasteiger partial charge on any atom is -0.481 e. The molecule has 2 N–H and O–H groups in total. The highest BCUT2D eigenvalue weighted by atomic mass is 16.4. The van der Waals surface area contributed by atoms with Crippen LogP contribution in [0.3, 0.4) is 0 Å². The van der Waals surface area contributed by atoms with E-state index in [1.54, 1.807) is 11.8 Å². The molecule has 1 saturated heterocycles. The number of carboxylic acids is 1. The van der Waals surface area contributed by atoms with Crippen LogP contribution in [-0.2, 0) is 9.59 Å². The first kappa shape index (κ1) is 15.3. The lowest BCUT2D eigenvalue weighted by Gasteiger charge is -2.37. The molecule has 1 saturated carbocycles. The summed E-state index contributed by atoms with van der Waals surface area (Å²) >= 11 is 0. The Labute approximate surface area is 120 Å². The monoisotopic (exact) mass is 283 g/mol. The lowest BCUT2D eigenvalue weighted by molar-refractivity contribution is -0.142. The fourth-order valence-electron chi connectivity index (χ4n) is 3.53. The number of carboxylic acid groups (broad SMARTS) is 1. The van der Waals surface area contributed by atoms with Gasteiger partial charge in [0.1, 0.15) is 0 Å². The van der Waals surface area contributed by atoms with Gasteiger partial charge >= 0.3 is 5.97 Å². The summed E-state index contributed by atoms with van der Waals surface area (Å²) in [4.78, 5) is 25.2. The number of carbonyl (C=O) groups excluding carboxylic acids is 1. The average Bonchev–Trinajstić information content (AvgIpc) is 2.76. The summed E-state index contributed by atoms with van der Waals surface area (Å²) in [6.07, 6.45) is 5.39. The molecule has 2 aliphatic rings. The molecule has 0 aromatic rings. The van der Waals surface area contributed by atoms with Crippen molar-refractivity contribution >= 4 is 11.9 Å². The van der Waals surface area contributed by atoms with Gasteiger partial charge in [-0.3, -0.25) is 9.59 Å². The van der Waals surface area contributed by atoms with Crippen LogP contribution in [-0.4, -0.2) is 45.7 Å². The van der Waals surface area contributed by atoms with E-state index in [1.807, 2.05) is 0 Å². The second-order valence-corrected chi connectivity index (χ2v) is 6.83. The maximum atomic E-state index is 12.4. The second-order valence-electron chi connectivity index (χ2n) is 6.83. The molecule has 0 unspecified atom stereocenters. The summed E-state index contributed by atoms with van der Waals surface area (Å²) in [6.45, 7) is 2.96. The summed E-state index contributed by atoms with van der Waals surface area (Å²) in [5.41, 5.74) is -0.994. The van der Waals surface area contributed by atoms with E-state index >= 15 is 0 Å². The third-order valence-corrected chi connectivity index (χ3v) is 4.91. The third kappa shape index (κ3) is 3.72. The van der Waals surface area contributed by atoms with Crippen molar-refractivity contribution in [1.82, 2.24) is 4.90 Å². The number of aliphatic carboxylic acids is 1. The molecule has 5 nitrogen and oxygen atoms in total. The molecule has 1 amide bonds. The molecule has 114 valence electrons. The van der Waals surface area contributed by atoms with Crippen LogP contribution in [0.2, 0.25) is 0 Å². The van der Waals surface area contributed by atoms with Crippen molar-refractivity contribution in [2.24, 2.45) is 5.41 Å². The Kier molecular flexibility index (Phi) is 4.37. The highest BCUT2D eigenvalue weighted by Gasteiger charge is 2.40. The van der Waals surface area contributed by atoms with Gasteiger partial charge in [0.25, 0.3) is 0 Å². The van der Waals surface area contributed by atoms with Gasteiger partial charge in [0.05, 0.1) is 12.0 Å². The van der Waals surface area contributed by atoms with E-state index in [4.69, 9.17) is 5.11 Å². The Bertz CT molecular complexity index is 375. The second kappa shape index (κ2) is 5.72. The van der Waals surface area contributed by atoms with Crippen LogP contribution in [0.1, 0.15) is 58.3 Å². The lowest BCUT2D eigenvalue weighted by Crippen LogP contribution is -2.46. The zero-order valence-corrected chi connectivity index (χ0v) is 12.2. The zero-order chi connectivity index (χ0) is 14.8. The standard InChI is InChI=1S/C15H25NO4/c1-14(20)6-8-16(9-7-14)12(17)10-15(11-13(18)19)4-2-3-5-15/h20H,2-11H2,1H3,(H,18,19). The lowest BCUT2D eigenvalue weighted by atomic mass is 9.79. The number of hydrogen-bond donors (Lipinski definition) is 2. The highest BCUT2D eigenvalue weighted by molar-refractivity contribution is 5.78. The minimum absolute atomic E-state index is 0.0589. The first-order chi connectivity index (χ1) is 9.32. The molecule has 1 aliphatic carbocycles. The van der Waals surface area contributed by atoms with Gasteiger partial charge in [-0.2, -0.15) is 0 Å². The van der Waals surface area contributed by atoms with Gasteiger partial charge in [0.2, 0.25) is 5.91 Å². The number of aliphatic hydroxyl groups is 1. The molecule has 0 aromatic heterocycles. The normalized spacial score (nSPS) is 24.6. The Morgan fingerprint density at radius 2 is 1.60 bits per heavy atom.